The molecule has 2 rings (SSSR count). The van der Waals surface area contributed by atoms with E-state index in [-0.39, 0.29) is 0 Å². The highest BCUT2D eigenvalue weighted by Crippen LogP contribution is 2.36. The largest absolute Gasteiger partial charge is 0.491 e. The monoisotopic (exact) mass is 268 g/mol. The Morgan fingerprint density at radius 2 is 2.22 bits per heavy atom. The summed E-state index contributed by atoms with van der Waals surface area (Å²) >= 11 is 6.22. The van der Waals surface area contributed by atoms with Gasteiger partial charge >= 0.3 is 0 Å². The third-order valence-electron chi connectivity index (χ3n) is 2.83. The summed E-state index contributed by atoms with van der Waals surface area (Å²) in [5.74, 6) is 2.18. The first-order chi connectivity index (χ1) is 8.67. The quantitative estimate of drug-likeness (QED) is 0.841. The van der Waals surface area contributed by atoms with Crippen molar-refractivity contribution in [3.05, 3.63) is 22.7 Å². The maximum Gasteiger partial charge on any atom is 0.179 e. The average molecular weight is 269 g/mol. The number of amidine groups is 1. The molecule has 5 heteroatoms. The summed E-state index contributed by atoms with van der Waals surface area (Å²) in [7, 11) is 3.60. The highest BCUT2D eigenvalue weighted by atomic mass is 35.5. The number of likely N-dealkylation sites (N-methyl/N-ethyl adjacent to an activating group) is 1. The number of hydrogen-bond acceptors (Lipinski definition) is 4. The average Bonchev–Trinajstić information content (AvgIpc) is 2.75. The zero-order valence-corrected chi connectivity index (χ0v) is 11.6. The van der Waals surface area contributed by atoms with Crippen LogP contribution in [-0.4, -0.2) is 44.6 Å². The van der Waals surface area contributed by atoms with Crippen molar-refractivity contribution < 1.29 is 9.47 Å². The van der Waals surface area contributed by atoms with E-state index in [9.17, 15) is 0 Å². The molecular weight excluding hydrogens is 252 g/mol. The highest BCUT2D eigenvalue weighted by molar-refractivity contribution is 6.32. The first-order valence-electron chi connectivity index (χ1n) is 5.93. The van der Waals surface area contributed by atoms with Gasteiger partial charge in [-0.05, 0) is 19.1 Å². The van der Waals surface area contributed by atoms with Crippen LogP contribution in [0.15, 0.2) is 17.1 Å². The van der Waals surface area contributed by atoms with Gasteiger partial charge in [0.1, 0.15) is 5.84 Å². The maximum atomic E-state index is 6.22. The summed E-state index contributed by atoms with van der Waals surface area (Å²) < 4.78 is 10.8. The van der Waals surface area contributed by atoms with Crippen LogP contribution in [0.25, 0.3) is 0 Å². The Labute approximate surface area is 112 Å². The summed E-state index contributed by atoms with van der Waals surface area (Å²) in [5.41, 5.74) is 0.962. The smallest absolute Gasteiger partial charge is 0.179 e. The fourth-order valence-electron chi connectivity index (χ4n) is 2.00. The molecule has 0 fully saturated rings. The topological polar surface area (TPSA) is 34.1 Å². The third-order valence-corrected chi connectivity index (χ3v) is 3.11. The van der Waals surface area contributed by atoms with Crippen molar-refractivity contribution in [2.24, 2.45) is 4.99 Å². The normalized spacial score (nSPS) is 14.7. The lowest BCUT2D eigenvalue weighted by atomic mass is 10.1. The van der Waals surface area contributed by atoms with Gasteiger partial charge in [-0.25, -0.2) is 0 Å². The van der Waals surface area contributed by atoms with E-state index in [1.54, 1.807) is 7.11 Å². The number of rotatable bonds is 4. The van der Waals surface area contributed by atoms with E-state index in [2.05, 4.69) is 9.89 Å². The molecule has 0 N–H and O–H groups in total. The fourth-order valence-corrected chi connectivity index (χ4v) is 2.29. The van der Waals surface area contributed by atoms with Crippen molar-refractivity contribution in [3.8, 4) is 11.5 Å². The van der Waals surface area contributed by atoms with Crippen molar-refractivity contribution in [3.63, 3.8) is 0 Å². The van der Waals surface area contributed by atoms with Crippen molar-refractivity contribution in [2.45, 2.75) is 6.92 Å². The van der Waals surface area contributed by atoms with Gasteiger partial charge in [-0.15, -0.1) is 0 Å². The lowest BCUT2D eigenvalue weighted by Gasteiger charge is -2.17. The van der Waals surface area contributed by atoms with Crippen molar-refractivity contribution >= 4 is 17.4 Å². The van der Waals surface area contributed by atoms with E-state index in [0.717, 1.165) is 24.5 Å². The molecule has 0 saturated carbocycles. The van der Waals surface area contributed by atoms with Crippen LogP contribution in [0.4, 0.5) is 0 Å². The SMILES string of the molecule is CCOc1cc(C2=NCCN2C)cc(Cl)c1OC. The first-order valence-corrected chi connectivity index (χ1v) is 6.31. The van der Waals surface area contributed by atoms with E-state index in [4.69, 9.17) is 21.1 Å². The number of aliphatic imine (C=N–C) groups is 1. The number of halogens is 1. The van der Waals surface area contributed by atoms with Gasteiger partial charge in [0.25, 0.3) is 0 Å². The Hall–Kier alpha value is -1.42. The minimum atomic E-state index is 0.543. The molecule has 0 unspecified atom stereocenters. The fraction of sp³-hybridized carbons (Fsp3) is 0.462. The van der Waals surface area contributed by atoms with Crippen LogP contribution in [0, 0.1) is 0 Å². The van der Waals surface area contributed by atoms with Crippen LogP contribution in [-0.2, 0) is 0 Å². The standard InChI is InChI=1S/C13H17ClN2O2/c1-4-18-11-8-9(7-10(14)12(11)17-3)13-15-5-6-16(13)2/h7-8H,4-6H2,1-3H3. The Morgan fingerprint density at radius 1 is 1.44 bits per heavy atom. The Morgan fingerprint density at radius 3 is 2.78 bits per heavy atom. The number of benzene rings is 1. The Kier molecular flexibility index (Phi) is 3.97. The number of hydrogen-bond donors (Lipinski definition) is 0. The number of methoxy groups -OCH3 is 1. The van der Waals surface area contributed by atoms with Crippen LogP contribution in [0.2, 0.25) is 5.02 Å². The molecule has 1 heterocycles. The molecule has 0 bridgehead atoms. The second kappa shape index (κ2) is 5.48. The van der Waals surface area contributed by atoms with Gasteiger partial charge in [0.15, 0.2) is 11.5 Å². The van der Waals surface area contributed by atoms with Crippen molar-refractivity contribution in [2.75, 3.05) is 33.9 Å². The van der Waals surface area contributed by atoms with E-state index >= 15 is 0 Å². The van der Waals surface area contributed by atoms with Crippen LogP contribution >= 0.6 is 11.6 Å². The molecular formula is C13H17ClN2O2. The maximum absolute atomic E-state index is 6.22. The van der Waals surface area contributed by atoms with E-state index in [1.165, 1.54) is 0 Å². The van der Waals surface area contributed by atoms with Crippen LogP contribution in [0.3, 0.4) is 0 Å². The van der Waals surface area contributed by atoms with E-state index in [0.29, 0.717) is 23.1 Å². The molecule has 98 valence electrons. The minimum Gasteiger partial charge on any atom is -0.491 e. The minimum absolute atomic E-state index is 0.543. The molecule has 0 radical (unpaired) electrons. The van der Waals surface area contributed by atoms with E-state index < -0.39 is 0 Å². The summed E-state index contributed by atoms with van der Waals surface area (Å²) in [4.78, 5) is 6.58. The molecule has 0 saturated heterocycles. The molecule has 4 nitrogen and oxygen atoms in total. The zero-order chi connectivity index (χ0) is 13.1. The van der Waals surface area contributed by atoms with Gasteiger partial charge in [0.05, 0.1) is 25.3 Å². The van der Waals surface area contributed by atoms with E-state index in [1.807, 2.05) is 26.1 Å². The molecule has 18 heavy (non-hydrogen) atoms. The summed E-state index contributed by atoms with van der Waals surface area (Å²) in [6.07, 6.45) is 0. The van der Waals surface area contributed by atoms with Gasteiger partial charge in [-0.1, -0.05) is 11.6 Å². The molecule has 0 spiro atoms. The molecule has 1 aliphatic heterocycles. The number of ether oxygens (including phenoxy) is 2. The number of nitrogens with zero attached hydrogens (tertiary/aromatic N) is 2. The highest BCUT2D eigenvalue weighted by Gasteiger charge is 2.19. The van der Waals surface area contributed by atoms with Gasteiger partial charge in [-0.2, -0.15) is 0 Å². The predicted octanol–water partition coefficient (Wildman–Crippen LogP) is 2.44. The zero-order valence-electron chi connectivity index (χ0n) is 10.9. The summed E-state index contributed by atoms with van der Waals surface area (Å²) in [6, 6.07) is 3.79. The molecule has 1 aliphatic rings. The van der Waals surface area contributed by atoms with Crippen molar-refractivity contribution in [1.82, 2.24) is 4.90 Å². The van der Waals surface area contributed by atoms with Gasteiger partial charge < -0.3 is 14.4 Å². The van der Waals surface area contributed by atoms with Crippen molar-refractivity contribution in [1.29, 1.82) is 0 Å². The van der Waals surface area contributed by atoms with Crippen LogP contribution < -0.4 is 9.47 Å². The molecule has 0 atom stereocenters. The summed E-state index contributed by atoms with van der Waals surface area (Å²) in [5, 5.41) is 0.543. The molecule has 1 aromatic carbocycles. The second-order valence-corrected chi connectivity index (χ2v) is 4.46. The lowest BCUT2D eigenvalue weighted by Crippen LogP contribution is -2.23. The second-order valence-electron chi connectivity index (χ2n) is 4.05. The Bertz CT molecular complexity index is 474. The third kappa shape index (κ3) is 2.38. The van der Waals surface area contributed by atoms with Gasteiger partial charge in [0, 0.05) is 19.2 Å². The molecule has 1 aromatic rings. The predicted molar refractivity (Wildman–Crippen MR) is 73.2 cm³/mol. The molecule has 0 aliphatic carbocycles. The first kappa shape index (κ1) is 13.0. The van der Waals surface area contributed by atoms with Gasteiger partial charge in [-0.3, -0.25) is 4.99 Å². The lowest BCUT2D eigenvalue weighted by molar-refractivity contribution is 0.311. The van der Waals surface area contributed by atoms with Gasteiger partial charge in [0.2, 0.25) is 0 Å². The van der Waals surface area contributed by atoms with Crippen LogP contribution in [0.5, 0.6) is 11.5 Å². The molecule has 0 amide bonds. The van der Waals surface area contributed by atoms with Crippen LogP contribution in [0.1, 0.15) is 12.5 Å². The summed E-state index contributed by atoms with van der Waals surface area (Å²) in [6.45, 7) is 4.25. The Balaban J connectivity index is 2.44. The molecule has 0 aromatic heterocycles.